The molecule has 4 nitrogen and oxygen atoms in total. The summed E-state index contributed by atoms with van der Waals surface area (Å²) in [7, 11) is 1.33. The van der Waals surface area contributed by atoms with Crippen LogP contribution in [0.5, 0.6) is 0 Å². The molecule has 0 radical (unpaired) electrons. The van der Waals surface area contributed by atoms with Gasteiger partial charge in [-0.05, 0) is 24.3 Å². The molecule has 0 fully saturated rings. The van der Waals surface area contributed by atoms with Gasteiger partial charge in [0.2, 0.25) is 5.69 Å². The topological polar surface area (TPSA) is 52.4 Å². The minimum absolute atomic E-state index is 0.395. The van der Waals surface area contributed by atoms with Crippen molar-refractivity contribution in [1.29, 1.82) is 0 Å². The maximum absolute atomic E-state index is 11.9. The molecule has 0 aliphatic carbocycles. The van der Waals surface area contributed by atoms with Crippen LogP contribution >= 0.6 is 0 Å². The highest BCUT2D eigenvalue weighted by atomic mass is 16.5. The molecule has 0 saturated heterocycles. The van der Waals surface area contributed by atoms with Crippen molar-refractivity contribution in [3.05, 3.63) is 70.9 Å². The Morgan fingerprint density at radius 3 is 2.32 bits per heavy atom. The predicted octanol–water partition coefficient (Wildman–Crippen LogP) is 2.73. The lowest BCUT2D eigenvalue weighted by Gasteiger charge is -2.03. The van der Waals surface area contributed by atoms with Crippen LogP contribution < -0.4 is 0 Å². The fourth-order valence-electron chi connectivity index (χ4n) is 1.61. The zero-order valence-corrected chi connectivity index (χ0v) is 10.4. The third-order valence-electron chi connectivity index (χ3n) is 2.61. The summed E-state index contributed by atoms with van der Waals surface area (Å²) in [5, 5.41) is 11.9. The Kier molecular flexibility index (Phi) is 3.93. The third kappa shape index (κ3) is 3.19. The van der Waals surface area contributed by atoms with E-state index in [1.54, 1.807) is 48.5 Å². The molecule has 0 heterocycles. The molecule has 0 bridgehead atoms. The van der Waals surface area contributed by atoms with E-state index in [-0.39, 0.29) is 0 Å². The van der Waals surface area contributed by atoms with Crippen LogP contribution in [0, 0.1) is 5.21 Å². The molecule has 0 aromatic heterocycles. The molecule has 2 aromatic carbocycles. The van der Waals surface area contributed by atoms with E-state index >= 15 is 0 Å². The summed E-state index contributed by atoms with van der Waals surface area (Å²) < 4.78 is 5.39. The smallest absolute Gasteiger partial charge is 0.337 e. The fourth-order valence-corrected chi connectivity index (χ4v) is 1.61. The molecule has 19 heavy (non-hydrogen) atoms. The van der Waals surface area contributed by atoms with Gasteiger partial charge in [-0.1, -0.05) is 18.2 Å². The summed E-state index contributed by atoms with van der Waals surface area (Å²) in [4.78, 5) is 11.3. The van der Waals surface area contributed by atoms with Crippen molar-refractivity contribution in [2.24, 2.45) is 0 Å². The second kappa shape index (κ2) is 5.82. The second-order valence-corrected chi connectivity index (χ2v) is 3.90. The van der Waals surface area contributed by atoms with Crippen LogP contribution in [-0.2, 0) is 4.74 Å². The molecule has 96 valence electrons. The van der Waals surface area contributed by atoms with E-state index in [0.29, 0.717) is 16.8 Å². The highest BCUT2D eigenvalue weighted by Crippen LogP contribution is 2.10. The molecule has 4 heteroatoms. The SMILES string of the molecule is COC(=O)c1ccc(/C=[N+](\[O-])c2ccccc2)cc1. The molecule has 0 spiro atoms. The Bertz CT molecular complexity index is 589. The van der Waals surface area contributed by atoms with E-state index in [1.165, 1.54) is 13.3 Å². The molecule has 0 N–H and O–H groups in total. The number of para-hydroxylation sites is 1. The van der Waals surface area contributed by atoms with Gasteiger partial charge in [-0.25, -0.2) is 4.79 Å². The number of ether oxygens (including phenoxy) is 1. The van der Waals surface area contributed by atoms with Crippen LogP contribution in [-0.4, -0.2) is 24.0 Å². The lowest BCUT2D eigenvalue weighted by Crippen LogP contribution is -2.02. The Morgan fingerprint density at radius 2 is 1.74 bits per heavy atom. The summed E-state index contributed by atoms with van der Waals surface area (Å²) >= 11 is 0. The molecular formula is C15H13NO3. The first kappa shape index (κ1) is 12.8. The highest BCUT2D eigenvalue weighted by Gasteiger charge is 2.05. The zero-order chi connectivity index (χ0) is 13.7. The van der Waals surface area contributed by atoms with Gasteiger partial charge in [0.1, 0.15) is 0 Å². The summed E-state index contributed by atoms with van der Waals surface area (Å²) in [6.45, 7) is 0. The highest BCUT2D eigenvalue weighted by molar-refractivity contribution is 5.90. The Morgan fingerprint density at radius 1 is 1.11 bits per heavy atom. The van der Waals surface area contributed by atoms with Crippen LogP contribution in [0.4, 0.5) is 5.69 Å². The molecule has 0 aliphatic rings. The van der Waals surface area contributed by atoms with Gasteiger partial charge >= 0.3 is 5.97 Å². The van der Waals surface area contributed by atoms with Gasteiger partial charge in [0, 0.05) is 17.7 Å². The molecule has 2 aromatic rings. The van der Waals surface area contributed by atoms with Gasteiger partial charge in [-0.3, -0.25) is 0 Å². The third-order valence-corrected chi connectivity index (χ3v) is 2.61. The molecule has 0 amide bonds. The van der Waals surface area contributed by atoms with Gasteiger partial charge in [0.05, 0.1) is 12.7 Å². The van der Waals surface area contributed by atoms with Crippen molar-refractivity contribution >= 4 is 17.9 Å². The van der Waals surface area contributed by atoms with Crippen LogP contribution in [0.2, 0.25) is 0 Å². The number of rotatable bonds is 3. The summed E-state index contributed by atoms with van der Waals surface area (Å²) in [5.74, 6) is -0.395. The molecule has 0 unspecified atom stereocenters. The van der Waals surface area contributed by atoms with Crippen LogP contribution in [0.25, 0.3) is 0 Å². The van der Waals surface area contributed by atoms with Crippen molar-refractivity contribution in [3.63, 3.8) is 0 Å². The average Bonchev–Trinajstić information content (AvgIpc) is 2.48. The molecule has 2 rings (SSSR count). The van der Waals surface area contributed by atoms with Crippen LogP contribution in [0.3, 0.4) is 0 Å². The average molecular weight is 255 g/mol. The Hall–Kier alpha value is -2.62. The minimum Gasteiger partial charge on any atom is -0.618 e. The standard InChI is InChI=1S/C15H13NO3/c1-19-15(17)13-9-7-12(8-10-13)11-16(18)14-5-3-2-4-6-14/h2-11H,1H3/b16-11-. The van der Waals surface area contributed by atoms with E-state index in [1.807, 2.05) is 6.07 Å². The number of esters is 1. The summed E-state index contributed by atoms with van der Waals surface area (Å²) in [5.41, 5.74) is 1.72. The first-order valence-corrected chi connectivity index (χ1v) is 5.75. The van der Waals surface area contributed by atoms with E-state index in [2.05, 4.69) is 4.74 Å². The summed E-state index contributed by atoms with van der Waals surface area (Å²) in [6, 6.07) is 15.5. The molecule has 0 atom stereocenters. The van der Waals surface area contributed by atoms with E-state index < -0.39 is 5.97 Å². The van der Waals surface area contributed by atoms with Crippen LogP contribution in [0.15, 0.2) is 54.6 Å². The lowest BCUT2D eigenvalue weighted by atomic mass is 10.1. The monoisotopic (exact) mass is 255 g/mol. The number of hydrogen-bond acceptors (Lipinski definition) is 3. The van der Waals surface area contributed by atoms with Crippen LogP contribution in [0.1, 0.15) is 15.9 Å². The zero-order valence-electron chi connectivity index (χ0n) is 10.4. The van der Waals surface area contributed by atoms with Gasteiger partial charge in [0.15, 0.2) is 6.21 Å². The molecular weight excluding hydrogens is 242 g/mol. The first-order valence-electron chi connectivity index (χ1n) is 5.75. The van der Waals surface area contributed by atoms with Gasteiger partial charge in [-0.15, -0.1) is 0 Å². The maximum atomic E-state index is 11.9. The first-order chi connectivity index (χ1) is 9.20. The van der Waals surface area contributed by atoms with E-state index in [4.69, 9.17) is 0 Å². The number of carbonyl (C=O) groups excluding carboxylic acids is 1. The maximum Gasteiger partial charge on any atom is 0.337 e. The second-order valence-electron chi connectivity index (χ2n) is 3.90. The largest absolute Gasteiger partial charge is 0.618 e. The van der Waals surface area contributed by atoms with Crippen molar-refractivity contribution in [3.8, 4) is 0 Å². The van der Waals surface area contributed by atoms with E-state index in [9.17, 15) is 10.0 Å². The van der Waals surface area contributed by atoms with Crippen molar-refractivity contribution in [1.82, 2.24) is 0 Å². The number of carbonyl (C=O) groups is 1. The Balaban J connectivity index is 2.22. The predicted molar refractivity (Wildman–Crippen MR) is 72.7 cm³/mol. The minimum atomic E-state index is -0.395. The Labute approximate surface area is 111 Å². The summed E-state index contributed by atoms with van der Waals surface area (Å²) in [6.07, 6.45) is 1.45. The number of nitrogens with zero attached hydrogens (tertiary/aromatic N) is 1. The number of methoxy groups -OCH3 is 1. The van der Waals surface area contributed by atoms with Gasteiger partial charge in [-0.2, -0.15) is 4.74 Å². The fraction of sp³-hybridized carbons (Fsp3) is 0.0667. The van der Waals surface area contributed by atoms with E-state index in [0.717, 1.165) is 4.74 Å². The van der Waals surface area contributed by atoms with Gasteiger partial charge < -0.3 is 9.94 Å². The normalized spacial score (nSPS) is 11.1. The number of benzene rings is 2. The molecule has 0 aliphatic heterocycles. The van der Waals surface area contributed by atoms with Crippen molar-refractivity contribution in [2.75, 3.05) is 7.11 Å². The quantitative estimate of drug-likeness (QED) is 0.278. The van der Waals surface area contributed by atoms with Crippen molar-refractivity contribution in [2.45, 2.75) is 0 Å². The molecule has 0 saturated carbocycles. The van der Waals surface area contributed by atoms with Crippen molar-refractivity contribution < 1.29 is 14.3 Å². The van der Waals surface area contributed by atoms with Gasteiger partial charge in [0.25, 0.3) is 0 Å². The number of hydrogen-bond donors (Lipinski definition) is 0. The lowest BCUT2D eigenvalue weighted by molar-refractivity contribution is -0.354.